The summed E-state index contributed by atoms with van der Waals surface area (Å²) in [5.74, 6) is -0.382. The van der Waals surface area contributed by atoms with E-state index in [1.54, 1.807) is 56.9 Å². The summed E-state index contributed by atoms with van der Waals surface area (Å²) in [4.78, 5) is 0. The van der Waals surface area contributed by atoms with E-state index < -0.39 is 44.8 Å². The molecule has 4 unspecified atom stereocenters. The molecule has 568 valence electrons. The first-order valence-electron chi connectivity index (χ1n) is 40.2. The van der Waals surface area contributed by atoms with E-state index in [1.165, 1.54) is 44.5 Å². The van der Waals surface area contributed by atoms with E-state index in [0.29, 0.717) is 0 Å². The molecule has 0 saturated heterocycles. The quantitative estimate of drug-likeness (QED) is 0.139. The lowest BCUT2D eigenvalue weighted by molar-refractivity contribution is 0.0421. The topological polar surface area (TPSA) is 73.8 Å². The summed E-state index contributed by atoms with van der Waals surface area (Å²) in [7, 11) is 14.2. The molecule has 52 aliphatic carbocycles. The van der Waals surface area contributed by atoms with Gasteiger partial charge in [0, 0.05) is 80.6 Å². The normalized spacial score (nSPS) is 27.6. The lowest BCUT2D eigenvalue weighted by Gasteiger charge is -2.50. The van der Waals surface area contributed by atoms with Gasteiger partial charge in [0.25, 0.3) is 0 Å². The van der Waals surface area contributed by atoms with E-state index in [9.17, 15) is 0 Å². The van der Waals surface area contributed by atoms with Crippen LogP contribution in [0.2, 0.25) is 0 Å². The summed E-state index contributed by atoms with van der Waals surface area (Å²) in [5.41, 5.74) is 25.8. The number of hydrogen-bond acceptors (Lipinski definition) is 8. The van der Waals surface area contributed by atoms with Crippen molar-refractivity contribution in [1.82, 2.24) is 0 Å². The molecule has 64 rings (SSSR count). The van der Waals surface area contributed by atoms with Crippen LogP contribution in [-0.4, -0.2) is 56.9 Å². The summed E-state index contributed by atoms with van der Waals surface area (Å²) in [6, 6.07) is 100. The minimum Gasteiger partial charge on any atom is -0.365 e. The average molecular weight is 1510 g/mol. The van der Waals surface area contributed by atoms with Crippen molar-refractivity contribution in [1.29, 1.82) is 0 Å². The number of rotatable bonds is 8. The molecule has 12 aromatic rings. The Morgan fingerprint density at radius 1 is 0.138 bits per heavy atom. The molecule has 0 heterocycles. The Labute approximate surface area is 679 Å². The van der Waals surface area contributed by atoms with Gasteiger partial charge < -0.3 is 37.9 Å². The fraction of sp³-hybridized carbons (Fsp3) is 0.185. The third kappa shape index (κ3) is 10.7. The van der Waals surface area contributed by atoms with Crippen molar-refractivity contribution in [2.45, 2.75) is 68.5 Å². The lowest BCUT2D eigenvalue weighted by Crippen LogP contribution is -2.36. The summed E-state index contributed by atoms with van der Waals surface area (Å²) < 4.78 is 52.0. The Morgan fingerprint density at radius 3 is 0.371 bits per heavy atom. The molecule has 8 heteroatoms. The van der Waals surface area contributed by atoms with Gasteiger partial charge in [-0.3, -0.25) is 0 Å². The Morgan fingerprint density at radius 2 is 0.250 bits per heavy atom. The predicted octanol–water partition coefficient (Wildman–Crippen LogP) is 23.2. The van der Waals surface area contributed by atoms with E-state index in [0.717, 1.165) is 111 Å². The molecule has 0 aliphatic heterocycles. The largest absolute Gasteiger partial charge is 0.365 e. The number of benzene rings is 12. The van der Waals surface area contributed by atoms with Crippen molar-refractivity contribution >= 4 is 0 Å². The third-order valence-corrected chi connectivity index (χ3v) is 27.7. The van der Waals surface area contributed by atoms with Crippen LogP contribution in [-0.2, 0) is 82.7 Å². The molecule has 8 nitrogen and oxygen atoms in total. The van der Waals surface area contributed by atoms with Crippen LogP contribution in [0.25, 0.3) is 66.8 Å². The molecule has 12 aromatic carbocycles. The SMILES string of the molecule is COC12C=CC(OC)(C=C1)c1ccc(cc1)-c1ccc3c(c1)C1c4ccc5cc4C3C3c4ccc(cc4C1c1ccc(cc13)-c1ccc(cc1)C1(OC)C=CC(OC)(C=C1)c1ccc(cc1)-c1ccc2cc1)-c1ccc(cc1)C1(OC)C=CC(OC)(C=C1)c1ccc(cc1)-c1ccc(cc1)C1(OC)C=CC(OC)(C=C1)c1ccc-5cc1. The third-order valence-electron chi connectivity index (χ3n) is 27.7. The van der Waals surface area contributed by atoms with Gasteiger partial charge in [-0.05, 0) is 253 Å². The molecule has 0 radical (unpaired) electrons. The van der Waals surface area contributed by atoms with Gasteiger partial charge in [0.05, 0.1) is 0 Å². The molecule has 0 spiro atoms. The fourth-order valence-corrected chi connectivity index (χ4v) is 20.7. The second-order valence-electron chi connectivity index (χ2n) is 32.5. The fourth-order valence-electron chi connectivity index (χ4n) is 20.7. The molecule has 0 aromatic heterocycles. The average Bonchev–Trinajstić information content (AvgIpc) is 0.681. The molecule has 0 amide bonds. The van der Waals surface area contributed by atoms with Crippen molar-refractivity contribution in [2.24, 2.45) is 0 Å². The summed E-state index contributed by atoms with van der Waals surface area (Å²) >= 11 is 0. The van der Waals surface area contributed by atoms with Gasteiger partial charge in [-0.2, -0.15) is 0 Å². The first kappa shape index (κ1) is 72.0. The molecule has 116 heavy (non-hydrogen) atoms. The highest BCUT2D eigenvalue weighted by Gasteiger charge is 2.51. The van der Waals surface area contributed by atoms with E-state index in [4.69, 9.17) is 37.9 Å². The Hall–Kier alpha value is -11.8. The zero-order valence-corrected chi connectivity index (χ0v) is 66.2. The number of methoxy groups -OCH3 is 8. The second-order valence-corrected chi connectivity index (χ2v) is 32.5. The van der Waals surface area contributed by atoms with Crippen LogP contribution in [0.15, 0.2) is 364 Å². The highest BCUT2D eigenvalue weighted by atomic mass is 16.5. The summed E-state index contributed by atoms with van der Waals surface area (Å²) in [6.07, 6.45) is 34.3. The predicted molar refractivity (Wildman–Crippen MR) is 461 cm³/mol. The molecule has 4 atom stereocenters. The summed E-state index contributed by atoms with van der Waals surface area (Å²) in [6.45, 7) is 0. The van der Waals surface area contributed by atoms with Gasteiger partial charge >= 0.3 is 0 Å². The van der Waals surface area contributed by atoms with Gasteiger partial charge in [0.1, 0.15) is 44.8 Å². The molecular weight excluding hydrogens is 1430 g/mol. The zero-order chi connectivity index (χ0) is 78.6. The standard InChI is InChI=1S/C108H88O8/c1-109-101-49-57-105(113-5,58-50-101)85-37-17-73(18-38-85)77-25-45-89-93(65-77)97-90-46-26-78-66-94(90)98(89)100-92-48-28-79(67-95(92)99(97)91-47-27-80(68-96(91)100)74-19-39-86(40-20-74)106(114-6)59-51-102(110-2,52-60-106)82-31-11-70(12-32-82)69-9-29-81(101)30-10-69)76-23-43-88(44-24-76)108(116-8)63-55-104(112-4,56-64-108)84-35-15-72(16-36-84)71-13-33-83(34-14-71)103(111-3)53-61-107(115-7,62-54-103)87-41-21-75(78)22-42-87/h9-68,97-100H,1-8H3. The Kier molecular flexibility index (Phi) is 16.7. The van der Waals surface area contributed by atoms with Crippen LogP contribution in [0.5, 0.6) is 0 Å². The van der Waals surface area contributed by atoms with Crippen LogP contribution < -0.4 is 0 Å². The van der Waals surface area contributed by atoms with E-state index in [1.807, 2.05) is 0 Å². The Bertz CT molecular complexity index is 5370. The highest BCUT2D eigenvalue weighted by molar-refractivity contribution is 5.80. The van der Waals surface area contributed by atoms with Crippen LogP contribution in [0.1, 0.15) is 113 Å². The molecule has 0 N–H and O–H groups in total. The minimum absolute atomic E-state index is 0.0955. The van der Waals surface area contributed by atoms with Crippen LogP contribution in [0, 0.1) is 0 Å². The molecule has 40 bridgehead atoms. The maximum atomic E-state index is 6.54. The monoisotopic (exact) mass is 1510 g/mol. The lowest BCUT2D eigenvalue weighted by atomic mass is 9.52. The van der Waals surface area contributed by atoms with Crippen molar-refractivity contribution < 1.29 is 37.9 Å². The number of hydrogen-bond donors (Lipinski definition) is 0. The number of ether oxygens (including phenoxy) is 8. The summed E-state index contributed by atoms with van der Waals surface area (Å²) in [5, 5.41) is 0. The molecule has 52 aliphatic rings. The van der Waals surface area contributed by atoms with E-state index in [2.05, 4.69) is 364 Å². The van der Waals surface area contributed by atoms with Crippen LogP contribution in [0.3, 0.4) is 0 Å². The van der Waals surface area contributed by atoms with E-state index >= 15 is 0 Å². The van der Waals surface area contributed by atoms with Crippen LogP contribution in [0.4, 0.5) is 0 Å². The van der Waals surface area contributed by atoms with Crippen molar-refractivity contribution in [2.75, 3.05) is 56.9 Å². The molecular formula is C108H88O8. The van der Waals surface area contributed by atoms with Crippen molar-refractivity contribution in [3.05, 3.63) is 453 Å². The van der Waals surface area contributed by atoms with Gasteiger partial charge in [-0.25, -0.2) is 0 Å². The van der Waals surface area contributed by atoms with Gasteiger partial charge in [0.2, 0.25) is 0 Å². The van der Waals surface area contributed by atoms with Gasteiger partial charge in [0.15, 0.2) is 0 Å². The zero-order valence-electron chi connectivity index (χ0n) is 66.2. The first-order valence-corrected chi connectivity index (χ1v) is 40.2. The Balaban J connectivity index is 0.744. The molecule has 0 saturated carbocycles. The van der Waals surface area contributed by atoms with Crippen molar-refractivity contribution in [3.63, 3.8) is 0 Å². The van der Waals surface area contributed by atoms with Crippen molar-refractivity contribution in [3.8, 4) is 66.8 Å². The smallest absolute Gasteiger partial charge is 0.129 e. The minimum atomic E-state index is -0.845. The van der Waals surface area contributed by atoms with Crippen LogP contribution >= 0.6 is 0 Å². The molecule has 0 fully saturated rings. The van der Waals surface area contributed by atoms with E-state index in [-0.39, 0.29) is 23.7 Å². The first-order chi connectivity index (χ1) is 56.7. The van der Waals surface area contributed by atoms with Gasteiger partial charge in [-0.1, -0.05) is 267 Å². The van der Waals surface area contributed by atoms with Gasteiger partial charge in [-0.15, -0.1) is 0 Å². The maximum Gasteiger partial charge on any atom is 0.129 e. The second kappa shape index (κ2) is 26.9. The maximum absolute atomic E-state index is 6.54. The highest BCUT2D eigenvalue weighted by Crippen LogP contribution is 2.66.